The summed E-state index contributed by atoms with van der Waals surface area (Å²) >= 11 is 0. The maximum Gasteiger partial charge on any atom is 0.00924 e. The highest BCUT2D eigenvalue weighted by molar-refractivity contribution is 4.80. The maximum absolute atomic E-state index is 3.62. The van der Waals surface area contributed by atoms with Crippen molar-refractivity contribution < 1.29 is 0 Å². The fourth-order valence-electron chi connectivity index (χ4n) is 4.14. The number of nitrogens with one attached hydrogen (secondary N) is 1. The summed E-state index contributed by atoms with van der Waals surface area (Å²) in [5.74, 6) is 1.91. The van der Waals surface area contributed by atoms with Crippen LogP contribution in [-0.4, -0.2) is 13.1 Å². The second-order valence-corrected chi connectivity index (χ2v) is 7.54. The van der Waals surface area contributed by atoms with Crippen LogP contribution in [-0.2, 0) is 0 Å². The normalized spacial score (nSPS) is 24.1. The Kier molecular flexibility index (Phi) is 11.3. The van der Waals surface area contributed by atoms with E-state index in [2.05, 4.69) is 26.2 Å². The Labute approximate surface area is 134 Å². The summed E-state index contributed by atoms with van der Waals surface area (Å²) in [4.78, 5) is 0. The Balaban J connectivity index is 1.99. The van der Waals surface area contributed by atoms with Crippen molar-refractivity contribution in [3.05, 3.63) is 0 Å². The molecule has 1 heteroatoms. The SMILES string of the molecule is CCCCCCCCCCCC(NC)C1CCCC(C)C1. The van der Waals surface area contributed by atoms with Crippen molar-refractivity contribution in [2.24, 2.45) is 11.8 Å². The average Bonchev–Trinajstić information content (AvgIpc) is 2.49. The molecule has 1 fully saturated rings. The van der Waals surface area contributed by atoms with Crippen LogP contribution in [0.4, 0.5) is 0 Å². The summed E-state index contributed by atoms with van der Waals surface area (Å²) in [5, 5.41) is 3.62. The molecule has 0 spiro atoms. The molecule has 126 valence electrons. The van der Waals surface area contributed by atoms with Gasteiger partial charge in [-0.05, 0) is 38.1 Å². The monoisotopic (exact) mass is 295 g/mol. The predicted molar refractivity (Wildman–Crippen MR) is 95.8 cm³/mol. The van der Waals surface area contributed by atoms with Crippen molar-refractivity contribution in [2.45, 2.75) is 110 Å². The zero-order valence-corrected chi connectivity index (χ0v) is 15.1. The topological polar surface area (TPSA) is 12.0 Å². The van der Waals surface area contributed by atoms with Gasteiger partial charge in [0.15, 0.2) is 0 Å². The smallest absolute Gasteiger partial charge is 0.00924 e. The van der Waals surface area contributed by atoms with Crippen LogP contribution in [0.1, 0.15) is 104 Å². The van der Waals surface area contributed by atoms with Crippen molar-refractivity contribution >= 4 is 0 Å². The fraction of sp³-hybridized carbons (Fsp3) is 1.00. The van der Waals surface area contributed by atoms with Crippen LogP contribution in [0.5, 0.6) is 0 Å². The molecule has 0 aromatic heterocycles. The van der Waals surface area contributed by atoms with E-state index in [9.17, 15) is 0 Å². The van der Waals surface area contributed by atoms with Crippen molar-refractivity contribution in [3.63, 3.8) is 0 Å². The maximum atomic E-state index is 3.62. The highest BCUT2D eigenvalue weighted by Gasteiger charge is 2.25. The third-order valence-corrected chi connectivity index (χ3v) is 5.54. The molecule has 1 saturated carbocycles. The van der Waals surface area contributed by atoms with Crippen molar-refractivity contribution in [1.29, 1.82) is 0 Å². The molecular formula is C20H41N. The first kappa shape index (κ1) is 19.0. The summed E-state index contributed by atoms with van der Waals surface area (Å²) in [6, 6.07) is 0.789. The molecule has 1 N–H and O–H groups in total. The number of unbranched alkanes of at least 4 members (excludes halogenated alkanes) is 8. The van der Waals surface area contributed by atoms with E-state index < -0.39 is 0 Å². The van der Waals surface area contributed by atoms with Gasteiger partial charge in [0.2, 0.25) is 0 Å². The minimum atomic E-state index is 0.789. The fourth-order valence-corrected chi connectivity index (χ4v) is 4.14. The third kappa shape index (κ3) is 8.86. The summed E-state index contributed by atoms with van der Waals surface area (Å²) in [5.41, 5.74) is 0. The highest BCUT2D eigenvalue weighted by atomic mass is 14.9. The lowest BCUT2D eigenvalue weighted by Gasteiger charge is -2.33. The lowest BCUT2D eigenvalue weighted by Crippen LogP contribution is -2.36. The van der Waals surface area contributed by atoms with Crippen LogP contribution in [0.2, 0.25) is 0 Å². The van der Waals surface area contributed by atoms with Gasteiger partial charge in [-0.1, -0.05) is 84.5 Å². The minimum Gasteiger partial charge on any atom is -0.317 e. The predicted octanol–water partition coefficient (Wildman–Crippen LogP) is 6.32. The molecule has 3 unspecified atom stereocenters. The molecule has 1 aliphatic rings. The molecule has 0 bridgehead atoms. The standard InChI is InChI=1S/C20H41N/c1-4-5-6-7-8-9-10-11-12-16-20(21-3)19-15-13-14-18(2)17-19/h18-21H,4-17H2,1-3H3. The quantitative estimate of drug-likeness (QED) is 0.415. The van der Waals surface area contributed by atoms with Gasteiger partial charge >= 0.3 is 0 Å². The summed E-state index contributed by atoms with van der Waals surface area (Å²) in [7, 11) is 2.18. The van der Waals surface area contributed by atoms with Crippen LogP contribution >= 0.6 is 0 Å². The Morgan fingerprint density at radius 3 is 2.10 bits per heavy atom. The van der Waals surface area contributed by atoms with Gasteiger partial charge in [-0.2, -0.15) is 0 Å². The first-order chi connectivity index (χ1) is 10.3. The first-order valence-electron chi connectivity index (χ1n) is 9.95. The van der Waals surface area contributed by atoms with Crippen LogP contribution in [0.3, 0.4) is 0 Å². The molecule has 0 radical (unpaired) electrons. The minimum absolute atomic E-state index is 0.789. The average molecular weight is 296 g/mol. The van der Waals surface area contributed by atoms with Gasteiger partial charge in [0.1, 0.15) is 0 Å². The molecule has 0 heterocycles. The van der Waals surface area contributed by atoms with Crippen LogP contribution in [0, 0.1) is 11.8 Å². The molecule has 1 aliphatic carbocycles. The van der Waals surface area contributed by atoms with Gasteiger partial charge in [0.25, 0.3) is 0 Å². The van der Waals surface area contributed by atoms with Gasteiger partial charge in [0, 0.05) is 6.04 Å². The Bertz CT molecular complexity index is 226. The molecular weight excluding hydrogens is 254 g/mol. The van der Waals surface area contributed by atoms with Crippen molar-refractivity contribution in [1.82, 2.24) is 5.32 Å². The highest BCUT2D eigenvalue weighted by Crippen LogP contribution is 2.32. The third-order valence-electron chi connectivity index (χ3n) is 5.54. The van der Waals surface area contributed by atoms with E-state index in [1.54, 1.807) is 0 Å². The molecule has 0 aliphatic heterocycles. The van der Waals surface area contributed by atoms with E-state index in [-0.39, 0.29) is 0 Å². The zero-order chi connectivity index (χ0) is 15.3. The van der Waals surface area contributed by atoms with Crippen molar-refractivity contribution in [3.8, 4) is 0 Å². The van der Waals surface area contributed by atoms with E-state index in [1.165, 1.54) is 89.9 Å². The number of hydrogen-bond donors (Lipinski definition) is 1. The van der Waals surface area contributed by atoms with E-state index in [0.29, 0.717) is 0 Å². The van der Waals surface area contributed by atoms with Gasteiger partial charge in [-0.15, -0.1) is 0 Å². The summed E-state index contributed by atoms with van der Waals surface area (Å²) < 4.78 is 0. The Morgan fingerprint density at radius 2 is 1.52 bits per heavy atom. The lowest BCUT2D eigenvalue weighted by molar-refractivity contribution is 0.218. The second kappa shape index (κ2) is 12.5. The molecule has 0 saturated heterocycles. The molecule has 1 rings (SSSR count). The molecule has 21 heavy (non-hydrogen) atoms. The molecule has 0 aromatic rings. The molecule has 0 amide bonds. The van der Waals surface area contributed by atoms with E-state index >= 15 is 0 Å². The zero-order valence-electron chi connectivity index (χ0n) is 15.1. The van der Waals surface area contributed by atoms with Crippen LogP contribution in [0.25, 0.3) is 0 Å². The molecule has 0 aromatic carbocycles. The largest absolute Gasteiger partial charge is 0.317 e. The van der Waals surface area contributed by atoms with E-state index in [4.69, 9.17) is 0 Å². The second-order valence-electron chi connectivity index (χ2n) is 7.54. The lowest BCUT2D eigenvalue weighted by atomic mass is 9.77. The van der Waals surface area contributed by atoms with Crippen LogP contribution in [0.15, 0.2) is 0 Å². The van der Waals surface area contributed by atoms with E-state index in [1.807, 2.05) is 0 Å². The van der Waals surface area contributed by atoms with E-state index in [0.717, 1.165) is 17.9 Å². The van der Waals surface area contributed by atoms with Gasteiger partial charge in [-0.3, -0.25) is 0 Å². The molecule has 3 atom stereocenters. The number of rotatable bonds is 12. The van der Waals surface area contributed by atoms with Crippen molar-refractivity contribution in [2.75, 3.05) is 7.05 Å². The summed E-state index contributed by atoms with van der Waals surface area (Å²) in [6.07, 6.45) is 20.3. The summed E-state index contributed by atoms with van der Waals surface area (Å²) in [6.45, 7) is 4.74. The Morgan fingerprint density at radius 1 is 0.905 bits per heavy atom. The number of hydrogen-bond acceptors (Lipinski definition) is 1. The van der Waals surface area contributed by atoms with Crippen LogP contribution < -0.4 is 5.32 Å². The Hall–Kier alpha value is -0.0400. The molecule has 1 nitrogen and oxygen atoms in total. The van der Waals surface area contributed by atoms with Gasteiger partial charge < -0.3 is 5.32 Å². The van der Waals surface area contributed by atoms with Gasteiger partial charge in [0.05, 0.1) is 0 Å². The first-order valence-corrected chi connectivity index (χ1v) is 9.95. The van der Waals surface area contributed by atoms with Gasteiger partial charge in [-0.25, -0.2) is 0 Å².